The van der Waals surface area contributed by atoms with E-state index in [9.17, 15) is 14.9 Å². The quantitative estimate of drug-likeness (QED) is 0.492. The number of hydrogen-bond acceptors (Lipinski definition) is 5. The van der Waals surface area contributed by atoms with Gasteiger partial charge in [-0.1, -0.05) is 30.3 Å². The summed E-state index contributed by atoms with van der Waals surface area (Å²) in [4.78, 5) is 22.8. The maximum absolute atomic E-state index is 12.6. The van der Waals surface area contributed by atoms with E-state index in [-0.39, 0.29) is 17.4 Å². The van der Waals surface area contributed by atoms with Gasteiger partial charge < -0.3 is 0 Å². The van der Waals surface area contributed by atoms with Gasteiger partial charge in [0.25, 0.3) is 5.69 Å². The first-order chi connectivity index (χ1) is 10.7. The first-order valence-electron chi connectivity index (χ1n) is 6.87. The van der Waals surface area contributed by atoms with Gasteiger partial charge in [-0.15, -0.1) is 0 Å². The van der Waals surface area contributed by atoms with Crippen molar-refractivity contribution in [2.24, 2.45) is 10.2 Å². The Labute approximate surface area is 126 Å². The second kappa shape index (κ2) is 5.85. The largest absolute Gasteiger partial charge is 0.292 e. The lowest BCUT2D eigenvalue weighted by atomic mass is 9.88. The molecule has 0 radical (unpaired) electrons. The molecule has 0 fully saturated rings. The number of azo groups is 1. The number of nitro groups is 1. The van der Waals surface area contributed by atoms with Crippen LogP contribution in [0.5, 0.6) is 0 Å². The second-order valence-electron chi connectivity index (χ2n) is 5.07. The molecule has 0 bridgehead atoms. The van der Waals surface area contributed by atoms with E-state index in [1.807, 2.05) is 30.3 Å². The van der Waals surface area contributed by atoms with Crippen LogP contribution in [-0.2, 0) is 0 Å². The summed E-state index contributed by atoms with van der Waals surface area (Å²) in [5, 5.41) is 18.7. The van der Waals surface area contributed by atoms with E-state index in [1.165, 1.54) is 24.3 Å². The highest BCUT2D eigenvalue weighted by Gasteiger charge is 2.33. The first-order valence-corrected chi connectivity index (χ1v) is 6.87. The molecule has 2 aromatic carbocycles. The molecule has 1 heterocycles. The minimum absolute atomic E-state index is 0.0378. The summed E-state index contributed by atoms with van der Waals surface area (Å²) in [5.41, 5.74) is 1.40. The van der Waals surface area contributed by atoms with Crippen LogP contribution in [0.2, 0.25) is 0 Å². The topological polar surface area (TPSA) is 84.9 Å². The van der Waals surface area contributed by atoms with Gasteiger partial charge >= 0.3 is 0 Å². The molecule has 0 saturated heterocycles. The molecule has 0 saturated carbocycles. The third-order valence-electron chi connectivity index (χ3n) is 3.72. The highest BCUT2D eigenvalue weighted by Crippen LogP contribution is 2.30. The number of benzene rings is 2. The number of carbonyl (C=O) groups is 1. The van der Waals surface area contributed by atoms with Crippen LogP contribution in [-0.4, -0.2) is 23.3 Å². The van der Waals surface area contributed by atoms with Gasteiger partial charge in [0.2, 0.25) is 0 Å². The fourth-order valence-corrected chi connectivity index (χ4v) is 2.54. The standard InChI is InChI=1S/C16H13N3O3/c20-16(12-6-8-13(9-7-12)19(21)22)15-14(10-17-18-15)11-4-2-1-3-5-11/h1-9,14-15H,10H2/t14-,15-/m1/s1. The van der Waals surface area contributed by atoms with E-state index in [4.69, 9.17) is 0 Å². The van der Waals surface area contributed by atoms with Crippen LogP contribution in [0.15, 0.2) is 64.8 Å². The number of nitrogens with zero attached hydrogens (tertiary/aromatic N) is 3. The molecular weight excluding hydrogens is 282 g/mol. The second-order valence-corrected chi connectivity index (χ2v) is 5.07. The molecule has 22 heavy (non-hydrogen) atoms. The molecule has 3 rings (SSSR count). The monoisotopic (exact) mass is 295 g/mol. The summed E-state index contributed by atoms with van der Waals surface area (Å²) >= 11 is 0. The van der Waals surface area contributed by atoms with E-state index in [0.717, 1.165) is 5.56 Å². The predicted molar refractivity (Wildman–Crippen MR) is 80.1 cm³/mol. The lowest BCUT2D eigenvalue weighted by Gasteiger charge is -2.15. The smallest absolute Gasteiger partial charge is 0.269 e. The maximum atomic E-state index is 12.6. The molecule has 0 spiro atoms. The third kappa shape index (κ3) is 2.63. The Balaban J connectivity index is 1.84. The summed E-state index contributed by atoms with van der Waals surface area (Å²) < 4.78 is 0. The van der Waals surface area contributed by atoms with Gasteiger partial charge in [-0.05, 0) is 17.7 Å². The van der Waals surface area contributed by atoms with E-state index in [0.29, 0.717) is 12.1 Å². The van der Waals surface area contributed by atoms with Crippen LogP contribution in [0, 0.1) is 10.1 Å². The zero-order valence-electron chi connectivity index (χ0n) is 11.6. The number of hydrogen-bond donors (Lipinski definition) is 0. The lowest BCUT2D eigenvalue weighted by Crippen LogP contribution is -2.24. The van der Waals surface area contributed by atoms with E-state index in [2.05, 4.69) is 10.2 Å². The Morgan fingerprint density at radius 1 is 1.09 bits per heavy atom. The number of rotatable bonds is 4. The lowest BCUT2D eigenvalue weighted by molar-refractivity contribution is -0.384. The molecule has 6 nitrogen and oxygen atoms in total. The van der Waals surface area contributed by atoms with Crippen molar-refractivity contribution in [3.63, 3.8) is 0 Å². The number of ketones is 1. The SMILES string of the molecule is O=C(c1ccc([N+](=O)[O-])cc1)[C@@H]1N=NC[C@@H]1c1ccccc1. The predicted octanol–water partition coefficient (Wildman–Crippen LogP) is 3.40. The Hall–Kier alpha value is -2.89. The van der Waals surface area contributed by atoms with Crippen LogP contribution >= 0.6 is 0 Å². The molecule has 0 aromatic heterocycles. The number of Topliss-reactive ketones (excluding diaryl/α,β-unsaturated/α-hetero) is 1. The molecule has 0 amide bonds. The Kier molecular flexibility index (Phi) is 3.74. The Bertz CT molecular complexity index is 726. The van der Waals surface area contributed by atoms with Crippen molar-refractivity contribution in [3.05, 3.63) is 75.8 Å². The minimum Gasteiger partial charge on any atom is -0.292 e. The molecule has 1 aliphatic heterocycles. The van der Waals surface area contributed by atoms with Crippen molar-refractivity contribution in [3.8, 4) is 0 Å². The molecule has 2 aromatic rings. The average molecular weight is 295 g/mol. The van der Waals surface area contributed by atoms with Crippen molar-refractivity contribution in [2.75, 3.05) is 6.54 Å². The third-order valence-corrected chi connectivity index (χ3v) is 3.72. The molecule has 0 unspecified atom stereocenters. The molecule has 1 aliphatic rings. The van der Waals surface area contributed by atoms with Crippen LogP contribution in [0.3, 0.4) is 0 Å². The minimum atomic E-state index is -0.566. The van der Waals surface area contributed by atoms with Gasteiger partial charge in [0, 0.05) is 23.6 Å². The van der Waals surface area contributed by atoms with E-state index >= 15 is 0 Å². The van der Waals surface area contributed by atoms with Crippen molar-refractivity contribution in [2.45, 2.75) is 12.0 Å². The average Bonchev–Trinajstić information content (AvgIpc) is 3.04. The zero-order chi connectivity index (χ0) is 15.5. The fraction of sp³-hybridized carbons (Fsp3) is 0.188. The molecule has 110 valence electrons. The summed E-state index contributed by atoms with van der Waals surface area (Å²) in [6.07, 6.45) is 0. The highest BCUT2D eigenvalue weighted by molar-refractivity contribution is 6.01. The van der Waals surface area contributed by atoms with Crippen molar-refractivity contribution in [1.29, 1.82) is 0 Å². The van der Waals surface area contributed by atoms with E-state index in [1.54, 1.807) is 0 Å². The van der Waals surface area contributed by atoms with Gasteiger partial charge in [-0.25, -0.2) is 0 Å². The number of carbonyl (C=O) groups excluding carboxylic acids is 1. The van der Waals surface area contributed by atoms with Gasteiger partial charge in [-0.3, -0.25) is 14.9 Å². The molecular formula is C16H13N3O3. The Morgan fingerprint density at radius 3 is 2.41 bits per heavy atom. The number of nitro benzene ring substituents is 1. The molecule has 6 heteroatoms. The van der Waals surface area contributed by atoms with Crippen LogP contribution < -0.4 is 0 Å². The summed E-state index contributed by atoms with van der Waals surface area (Å²) in [6, 6.07) is 14.7. The van der Waals surface area contributed by atoms with Gasteiger partial charge in [0.15, 0.2) is 5.78 Å². The summed E-state index contributed by atoms with van der Waals surface area (Å²) in [7, 11) is 0. The van der Waals surface area contributed by atoms with Crippen molar-refractivity contribution >= 4 is 11.5 Å². The molecule has 0 N–H and O–H groups in total. The van der Waals surface area contributed by atoms with Crippen LogP contribution in [0.4, 0.5) is 5.69 Å². The van der Waals surface area contributed by atoms with Gasteiger partial charge in [-0.2, -0.15) is 10.2 Å². The highest BCUT2D eigenvalue weighted by atomic mass is 16.6. The Morgan fingerprint density at radius 2 is 1.77 bits per heavy atom. The van der Waals surface area contributed by atoms with Crippen LogP contribution in [0.1, 0.15) is 21.8 Å². The van der Waals surface area contributed by atoms with Crippen molar-refractivity contribution in [1.82, 2.24) is 0 Å². The zero-order valence-corrected chi connectivity index (χ0v) is 11.6. The normalized spacial score (nSPS) is 20.0. The molecule has 2 atom stereocenters. The number of non-ortho nitro benzene ring substituents is 1. The first kappa shape index (κ1) is 14.1. The van der Waals surface area contributed by atoms with Gasteiger partial charge in [0.1, 0.15) is 6.04 Å². The fourth-order valence-electron chi connectivity index (χ4n) is 2.54. The summed E-state index contributed by atoms with van der Waals surface area (Å²) in [6.45, 7) is 0.480. The van der Waals surface area contributed by atoms with Crippen molar-refractivity contribution < 1.29 is 9.72 Å². The maximum Gasteiger partial charge on any atom is 0.269 e. The summed E-state index contributed by atoms with van der Waals surface area (Å²) in [5.74, 6) is -0.242. The van der Waals surface area contributed by atoms with Gasteiger partial charge in [0.05, 0.1) is 11.5 Å². The van der Waals surface area contributed by atoms with E-state index < -0.39 is 11.0 Å². The molecule has 0 aliphatic carbocycles. The van der Waals surface area contributed by atoms with Crippen LogP contribution in [0.25, 0.3) is 0 Å².